The van der Waals surface area contributed by atoms with Crippen molar-refractivity contribution >= 4 is 15.9 Å². The average Bonchev–Trinajstić information content (AvgIpc) is 2.91. The molecule has 2 atom stereocenters. The number of rotatable bonds is 20. The lowest BCUT2D eigenvalue weighted by molar-refractivity contribution is 0.0117. The highest BCUT2D eigenvalue weighted by Gasteiger charge is 2.16. The Morgan fingerprint density at radius 3 is 1.49 bits per heavy atom. The van der Waals surface area contributed by atoms with Crippen LogP contribution in [0, 0.1) is 11.8 Å². The summed E-state index contributed by atoms with van der Waals surface area (Å²) >= 11 is 3.32. The highest BCUT2D eigenvalue weighted by molar-refractivity contribution is 9.09. The first kappa shape index (κ1) is 31.2. The van der Waals surface area contributed by atoms with Crippen LogP contribution in [0.1, 0.15) is 25.0 Å². The molecule has 208 valence electrons. The quantitative estimate of drug-likeness (QED) is 0.149. The normalized spacial score (nSPS) is 12.7. The van der Waals surface area contributed by atoms with E-state index in [1.807, 2.05) is 12.1 Å². The number of hydrogen-bond donors (Lipinski definition) is 0. The van der Waals surface area contributed by atoms with Crippen molar-refractivity contribution in [3.8, 4) is 23.0 Å². The molecule has 0 bridgehead atoms. The summed E-state index contributed by atoms with van der Waals surface area (Å²) < 4.78 is 38.7. The molecule has 0 spiro atoms. The molecule has 0 unspecified atom stereocenters. The van der Waals surface area contributed by atoms with Crippen LogP contribution >= 0.6 is 15.9 Å². The van der Waals surface area contributed by atoms with Crippen molar-refractivity contribution in [3.63, 3.8) is 0 Å². The minimum atomic E-state index is 0.444. The summed E-state index contributed by atoms with van der Waals surface area (Å²) in [7, 11) is 4.98. The fourth-order valence-corrected chi connectivity index (χ4v) is 4.15. The summed E-state index contributed by atoms with van der Waals surface area (Å²) in [5.74, 6) is 3.94. The van der Waals surface area contributed by atoms with Gasteiger partial charge in [-0.15, -0.1) is 0 Å². The number of ether oxygens (including phenoxy) is 7. The van der Waals surface area contributed by atoms with E-state index in [0.29, 0.717) is 58.1 Å². The molecule has 37 heavy (non-hydrogen) atoms. The second-order valence-corrected chi connectivity index (χ2v) is 9.70. The molecule has 0 radical (unpaired) electrons. The molecule has 8 heteroatoms. The minimum absolute atomic E-state index is 0.444. The average molecular weight is 584 g/mol. The maximum absolute atomic E-state index is 5.98. The molecule has 0 aromatic heterocycles. The lowest BCUT2D eigenvalue weighted by Gasteiger charge is -2.21. The summed E-state index contributed by atoms with van der Waals surface area (Å²) in [5, 5.41) is 0.836. The minimum Gasteiger partial charge on any atom is -0.493 e. The SMILES string of the molecule is COc1ccc(C[C@H](C)[C@H](C)Cc2ccc(OC)c(OCCOCCOCCOCCBr)c2)cc1OC. The van der Waals surface area contributed by atoms with Crippen molar-refractivity contribution in [2.24, 2.45) is 11.8 Å². The molecule has 0 saturated carbocycles. The summed E-state index contributed by atoms with van der Waals surface area (Å²) in [6.07, 6.45) is 1.91. The Hall–Kier alpha value is -2.00. The molecule has 0 N–H and O–H groups in total. The number of hydrogen-bond acceptors (Lipinski definition) is 7. The van der Waals surface area contributed by atoms with Gasteiger partial charge < -0.3 is 33.2 Å². The second-order valence-electron chi connectivity index (χ2n) is 8.91. The van der Waals surface area contributed by atoms with Crippen molar-refractivity contribution in [3.05, 3.63) is 47.5 Å². The van der Waals surface area contributed by atoms with Crippen LogP contribution in [0.25, 0.3) is 0 Å². The Labute approximate surface area is 230 Å². The van der Waals surface area contributed by atoms with Crippen molar-refractivity contribution in [2.75, 3.05) is 72.9 Å². The third-order valence-electron chi connectivity index (χ3n) is 6.21. The van der Waals surface area contributed by atoms with Crippen LogP contribution in [0.2, 0.25) is 0 Å². The Kier molecular flexibility index (Phi) is 15.4. The first-order chi connectivity index (χ1) is 18.0. The molecule has 0 aliphatic carbocycles. The largest absolute Gasteiger partial charge is 0.493 e. The van der Waals surface area contributed by atoms with Gasteiger partial charge in [0.1, 0.15) is 6.61 Å². The summed E-state index contributed by atoms with van der Waals surface area (Å²) in [6, 6.07) is 12.3. The topological polar surface area (TPSA) is 64.6 Å². The van der Waals surface area contributed by atoms with E-state index in [-0.39, 0.29) is 0 Å². The van der Waals surface area contributed by atoms with E-state index >= 15 is 0 Å². The van der Waals surface area contributed by atoms with Crippen molar-refractivity contribution in [1.82, 2.24) is 0 Å². The number of alkyl halides is 1. The van der Waals surface area contributed by atoms with Crippen LogP contribution < -0.4 is 18.9 Å². The van der Waals surface area contributed by atoms with Crippen LogP contribution in [-0.2, 0) is 27.1 Å². The first-order valence-electron chi connectivity index (χ1n) is 12.8. The number of methoxy groups -OCH3 is 3. The van der Waals surface area contributed by atoms with Crippen LogP contribution in [-0.4, -0.2) is 72.9 Å². The van der Waals surface area contributed by atoms with E-state index in [2.05, 4.69) is 54.0 Å². The molecule has 0 heterocycles. The highest BCUT2D eigenvalue weighted by Crippen LogP contribution is 2.32. The number of halogens is 1. The van der Waals surface area contributed by atoms with Crippen molar-refractivity contribution in [1.29, 1.82) is 0 Å². The predicted octanol–water partition coefficient (Wildman–Crippen LogP) is 5.59. The standard InChI is InChI=1S/C29H43BrO7/c1-22(18-24-6-8-26(31-3)28(20-24)33-5)23(2)19-25-7-9-27(32-4)29(21-25)37-17-16-36-15-14-35-13-12-34-11-10-30/h6-9,20-23H,10-19H2,1-5H3/t22-,23+/m0/s1. The van der Waals surface area contributed by atoms with Gasteiger partial charge in [0, 0.05) is 5.33 Å². The molecule has 0 saturated heterocycles. The van der Waals surface area contributed by atoms with Gasteiger partial charge in [-0.3, -0.25) is 0 Å². The molecule has 0 fully saturated rings. The third kappa shape index (κ3) is 11.5. The molecule has 0 aliphatic rings. The molecular formula is C29H43BrO7. The summed E-state index contributed by atoms with van der Waals surface area (Å²) in [5.41, 5.74) is 2.46. The van der Waals surface area contributed by atoms with Crippen LogP contribution in [0.5, 0.6) is 23.0 Å². The number of benzene rings is 2. The first-order valence-corrected chi connectivity index (χ1v) is 13.9. The monoisotopic (exact) mass is 582 g/mol. The maximum Gasteiger partial charge on any atom is 0.161 e. The van der Waals surface area contributed by atoms with Gasteiger partial charge in [0.2, 0.25) is 0 Å². The van der Waals surface area contributed by atoms with Gasteiger partial charge in [-0.05, 0) is 60.1 Å². The van der Waals surface area contributed by atoms with Gasteiger partial charge in [0.15, 0.2) is 23.0 Å². The van der Waals surface area contributed by atoms with E-state index in [1.165, 1.54) is 11.1 Å². The van der Waals surface area contributed by atoms with Gasteiger partial charge in [0.25, 0.3) is 0 Å². The van der Waals surface area contributed by atoms with Gasteiger partial charge in [-0.25, -0.2) is 0 Å². The Morgan fingerprint density at radius 2 is 1.00 bits per heavy atom. The van der Waals surface area contributed by atoms with Crippen LogP contribution in [0.15, 0.2) is 36.4 Å². The lowest BCUT2D eigenvalue weighted by Crippen LogP contribution is -2.14. The lowest BCUT2D eigenvalue weighted by atomic mass is 9.85. The summed E-state index contributed by atoms with van der Waals surface area (Å²) in [6.45, 7) is 8.43. The Morgan fingerprint density at radius 1 is 0.568 bits per heavy atom. The molecule has 0 aliphatic heterocycles. The van der Waals surface area contributed by atoms with Gasteiger partial charge in [-0.1, -0.05) is 41.9 Å². The van der Waals surface area contributed by atoms with Crippen LogP contribution in [0.4, 0.5) is 0 Å². The van der Waals surface area contributed by atoms with Crippen molar-refractivity contribution in [2.45, 2.75) is 26.7 Å². The highest BCUT2D eigenvalue weighted by atomic mass is 79.9. The van der Waals surface area contributed by atoms with Crippen molar-refractivity contribution < 1.29 is 33.2 Å². The van der Waals surface area contributed by atoms with Gasteiger partial charge in [0.05, 0.1) is 61.0 Å². The molecule has 7 nitrogen and oxygen atoms in total. The summed E-state index contributed by atoms with van der Waals surface area (Å²) in [4.78, 5) is 0. The fourth-order valence-electron chi connectivity index (χ4n) is 3.92. The van der Waals surface area contributed by atoms with Crippen LogP contribution in [0.3, 0.4) is 0 Å². The second kappa shape index (κ2) is 18.3. The Balaban J connectivity index is 1.79. The predicted molar refractivity (Wildman–Crippen MR) is 150 cm³/mol. The van der Waals surface area contributed by atoms with Gasteiger partial charge in [-0.2, -0.15) is 0 Å². The zero-order valence-corrected chi connectivity index (χ0v) is 24.5. The molecule has 2 aromatic carbocycles. The van der Waals surface area contributed by atoms with E-state index in [9.17, 15) is 0 Å². The van der Waals surface area contributed by atoms with E-state index in [4.69, 9.17) is 33.2 Å². The van der Waals surface area contributed by atoms with E-state index in [1.54, 1.807) is 21.3 Å². The molecular weight excluding hydrogens is 540 g/mol. The molecule has 2 aromatic rings. The third-order valence-corrected chi connectivity index (χ3v) is 6.54. The zero-order valence-electron chi connectivity index (χ0n) is 22.9. The smallest absolute Gasteiger partial charge is 0.161 e. The zero-order chi connectivity index (χ0) is 26.9. The van der Waals surface area contributed by atoms with E-state index < -0.39 is 0 Å². The maximum atomic E-state index is 5.98. The fraction of sp³-hybridized carbons (Fsp3) is 0.586. The molecule has 0 amide bonds. The molecule has 2 rings (SSSR count). The van der Waals surface area contributed by atoms with E-state index in [0.717, 1.165) is 41.2 Å². The Bertz CT molecular complexity index is 893. The van der Waals surface area contributed by atoms with Gasteiger partial charge >= 0.3 is 0 Å².